The lowest BCUT2D eigenvalue weighted by Gasteiger charge is -2.58. The Labute approximate surface area is 165 Å². The SMILES string of the molecule is CC(C)(NS(=O)(=O)c1ccccc1F)C(=O)NC1C2CC3CC1CC(O)(C3)C2. The van der Waals surface area contributed by atoms with E-state index in [9.17, 15) is 22.7 Å². The first-order valence-electron chi connectivity index (χ1n) is 9.81. The molecule has 4 saturated carbocycles. The molecule has 1 aromatic rings. The van der Waals surface area contributed by atoms with Gasteiger partial charge in [-0.15, -0.1) is 0 Å². The van der Waals surface area contributed by atoms with Gasteiger partial charge in [0.2, 0.25) is 15.9 Å². The van der Waals surface area contributed by atoms with Gasteiger partial charge < -0.3 is 10.4 Å². The van der Waals surface area contributed by atoms with Crippen LogP contribution in [0.3, 0.4) is 0 Å². The molecular formula is C20H27FN2O4S. The van der Waals surface area contributed by atoms with Gasteiger partial charge in [-0.3, -0.25) is 4.79 Å². The summed E-state index contributed by atoms with van der Waals surface area (Å²) in [4.78, 5) is 12.5. The molecule has 0 heterocycles. The van der Waals surface area contributed by atoms with Crippen LogP contribution in [0.25, 0.3) is 0 Å². The number of benzene rings is 1. The fourth-order valence-corrected chi connectivity index (χ4v) is 7.11. The number of carbonyl (C=O) groups excluding carboxylic acids is 1. The third kappa shape index (κ3) is 3.46. The molecule has 4 aliphatic rings. The van der Waals surface area contributed by atoms with E-state index in [1.54, 1.807) is 0 Å². The van der Waals surface area contributed by atoms with Crippen molar-refractivity contribution in [2.45, 2.75) is 68.0 Å². The summed E-state index contributed by atoms with van der Waals surface area (Å²) in [5, 5.41) is 13.7. The van der Waals surface area contributed by atoms with Gasteiger partial charge in [-0.05, 0) is 75.8 Å². The van der Waals surface area contributed by atoms with E-state index in [-0.39, 0.29) is 17.9 Å². The first-order valence-corrected chi connectivity index (χ1v) is 11.3. The topological polar surface area (TPSA) is 95.5 Å². The predicted molar refractivity (Wildman–Crippen MR) is 101 cm³/mol. The van der Waals surface area contributed by atoms with Gasteiger partial charge in [-0.2, -0.15) is 4.72 Å². The van der Waals surface area contributed by atoms with Crippen molar-refractivity contribution >= 4 is 15.9 Å². The Balaban J connectivity index is 1.48. The first-order chi connectivity index (χ1) is 13.0. The smallest absolute Gasteiger partial charge is 0.244 e. The highest BCUT2D eigenvalue weighted by molar-refractivity contribution is 7.89. The summed E-state index contributed by atoms with van der Waals surface area (Å²) in [7, 11) is -4.19. The lowest BCUT2D eigenvalue weighted by molar-refractivity contribution is -0.148. The average Bonchev–Trinajstić information content (AvgIpc) is 2.55. The molecule has 0 spiro atoms. The Morgan fingerprint density at radius 3 is 2.36 bits per heavy atom. The van der Waals surface area contributed by atoms with Crippen LogP contribution in [0.15, 0.2) is 29.2 Å². The molecule has 0 saturated heterocycles. The molecule has 2 atom stereocenters. The molecule has 0 aromatic heterocycles. The summed E-state index contributed by atoms with van der Waals surface area (Å²) in [6.45, 7) is 2.95. The van der Waals surface area contributed by atoms with E-state index in [1.807, 2.05) is 0 Å². The Kier molecular flexibility index (Phi) is 4.60. The van der Waals surface area contributed by atoms with E-state index in [4.69, 9.17) is 0 Å². The Hall–Kier alpha value is -1.51. The van der Waals surface area contributed by atoms with Crippen LogP contribution < -0.4 is 10.0 Å². The van der Waals surface area contributed by atoms with Gasteiger partial charge in [-0.25, -0.2) is 12.8 Å². The molecule has 4 fully saturated rings. The molecule has 1 aromatic carbocycles. The van der Waals surface area contributed by atoms with Crippen LogP contribution in [-0.4, -0.2) is 36.6 Å². The van der Waals surface area contributed by atoms with Crippen molar-refractivity contribution in [2.24, 2.45) is 17.8 Å². The van der Waals surface area contributed by atoms with Gasteiger partial charge in [0.05, 0.1) is 5.60 Å². The monoisotopic (exact) mass is 410 g/mol. The van der Waals surface area contributed by atoms with Gasteiger partial charge in [-0.1, -0.05) is 12.1 Å². The zero-order chi connectivity index (χ0) is 20.3. The fraction of sp³-hybridized carbons (Fsp3) is 0.650. The number of rotatable bonds is 5. The summed E-state index contributed by atoms with van der Waals surface area (Å²) < 4.78 is 41.4. The Morgan fingerprint density at radius 1 is 1.18 bits per heavy atom. The number of aliphatic hydroxyl groups is 1. The van der Waals surface area contributed by atoms with E-state index in [2.05, 4.69) is 10.0 Å². The number of sulfonamides is 1. The summed E-state index contributed by atoms with van der Waals surface area (Å²) >= 11 is 0. The van der Waals surface area contributed by atoms with E-state index < -0.39 is 37.8 Å². The van der Waals surface area contributed by atoms with E-state index in [0.717, 1.165) is 25.3 Å². The molecule has 4 aliphatic carbocycles. The highest BCUT2D eigenvalue weighted by Crippen LogP contribution is 2.55. The van der Waals surface area contributed by atoms with Crippen LogP contribution >= 0.6 is 0 Å². The molecule has 0 radical (unpaired) electrons. The molecule has 0 aliphatic heterocycles. The third-order valence-electron chi connectivity index (χ3n) is 6.62. The number of amides is 1. The van der Waals surface area contributed by atoms with Crippen molar-refractivity contribution in [3.05, 3.63) is 30.1 Å². The Morgan fingerprint density at radius 2 is 1.79 bits per heavy atom. The minimum absolute atomic E-state index is 0.0541. The van der Waals surface area contributed by atoms with Crippen molar-refractivity contribution in [3.63, 3.8) is 0 Å². The largest absolute Gasteiger partial charge is 0.390 e. The zero-order valence-electron chi connectivity index (χ0n) is 16.1. The van der Waals surface area contributed by atoms with Gasteiger partial charge in [0.25, 0.3) is 0 Å². The van der Waals surface area contributed by atoms with E-state index >= 15 is 0 Å². The summed E-state index contributed by atoms with van der Waals surface area (Å²) in [6.07, 6.45) is 4.21. The van der Waals surface area contributed by atoms with Crippen LogP contribution in [0.5, 0.6) is 0 Å². The van der Waals surface area contributed by atoms with Gasteiger partial charge in [0.1, 0.15) is 16.3 Å². The van der Waals surface area contributed by atoms with Crippen LogP contribution in [0, 0.1) is 23.6 Å². The third-order valence-corrected chi connectivity index (χ3v) is 8.31. The molecule has 4 bridgehead atoms. The highest BCUT2D eigenvalue weighted by atomic mass is 32.2. The van der Waals surface area contributed by atoms with Crippen LogP contribution in [0.4, 0.5) is 4.39 Å². The molecule has 28 heavy (non-hydrogen) atoms. The lowest BCUT2D eigenvalue weighted by atomic mass is 9.52. The number of hydrogen-bond donors (Lipinski definition) is 3. The van der Waals surface area contributed by atoms with Crippen molar-refractivity contribution in [1.82, 2.24) is 10.0 Å². The quantitative estimate of drug-likeness (QED) is 0.691. The van der Waals surface area contributed by atoms with E-state index in [1.165, 1.54) is 32.0 Å². The average molecular weight is 411 g/mol. The fourth-order valence-electron chi connectivity index (χ4n) is 5.65. The molecule has 6 nitrogen and oxygen atoms in total. The van der Waals surface area contributed by atoms with Crippen molar-refractivity contribution in [1.29, 1.82) is 0 Å². The van der Waals surface area contributed by atoms with Crippen LogP contribution in [0.2, 0.25) is 0 Å². The molecule has 154 valence electrons. The second-order valence-electron chi connectivity index (χ2n) is 9.35. The van der Waals surface area contributed by atoms with E-state index in [0.29, 0.717) is 18.8 Å². The van der Waals surface area contributed by atoms with Crippen molar-refractivity contribution < 1.29 is 22.7 Å². The standard InChI is InChI=1S/C20H27FN2O4S/c1-19(2,23-28(26,27)16-6-4-3-5-15(16)21)18(24)22-17-13-7-12-8-14(17)11-20(25,9-12)10-13/h3-6,12-14,17,23,25H,7-11H2,1-2H3,(H,22,24). The number of nitrogens with one attached hydrogen (secondary N) is 2. The molecule has 1 amide bonds. The van der Waals surface area contributed by atoms with Crippen LogP contribution in [0.1, 0.15) is 46.0 Å². The lowest BCUT2D eigenvalue weighted by Crippen LogP contribution is -2.65. The second-order valence-corrected chi connectivity index (χ2v) is 11.0. The van der Waals surface area contributed by atoms with Gasteiger partial charge >= 0.3 is 0 Å². The second kappa shape index (κ2) is 6.50. The van der Waals surface area contributed by atoms with Crippen LogP contribution in [-0.2, 0) is 14.8 Å². The molecular weight excluding hydrogens is 383 g/mol. The molecule has 3 N–H and O–H groups in total. The highest BCUT2D eigenvalue weighted by Gasteiger charge is 2.55. The zero-order valence-corrected chi connectivity index (χ0v) is 16.9. The van der Waals surface area contributed by atoms with Crippen molar-refractivity contribution in [3.8, 4) is 0 Å². The molecule has 2 unspecified atom stereocenters. The molecule has 8 heteroatoms. The molecule has 5 rings (SSSR count). The first kappa shape index (κ1) is 19.8. The normalized spacial score (nSPS) is 34.4. The maximum atomic E-state index is 13.9. The van der Waals surface area contributed by atoms with Gasteiger partial charge in [0, 0.05) is 6.04 Å². The number of carbonyl (C=O) groups is 1. The number of halogens is 1. The van der Waals surface area contributed by atoms with Gasteiger partial charge in [0.15, 0.2) is 0 Å². The minimum atomic E-state index is -4.19. The predicted octanol–water partition coefficient (Wildman–Crippen LogP) is 1.94. The Bertz CT molecular complexity index is 885. The van der Waals surface area contributed by atoms with Crippen molar-refractivity contribution in [2.75, 3.05) is 0 Å². The maximum absolute atomic E-state index is 13.9. The maximum Gasteiger partial charge on any atom is 0.244 e. The summed E-state index contributed by atoms with van der Waals surface area (Å²) in [5.41, 5.74) is -2.04. The summed E-state index contributed by atoms with van der Waals surface area (Å²) in [5.74, 6) is -0.334. The minimum Gasteiger partial charge on any atom is -0.390 e. The summed E-state index contributed by atoms with van der Waals surface area (Å²) in [6, 6.07) is 5.03. The number of hydrogen-bond acceptors (Lipinski definition) is 4.